The highest BCUT2D eigenvalue weighted by atomic mass is 32.2. The van der Waals surface area contributed by atoms with E-state index in [9.17, 15) is 0 Å². The highest BCUT2D eigenvalue weighted by Gasteiger charge is 2.01. The summed E-state index contributed by atoms with van der Waals surface area (Å²) in [6.07, 6.45) is 0. The van der Waals surface area contributed by atoms with Gasteiger partial charge in [-0.3, -0.25) is 0 Å². The van der Waals surface area contributed by atoms with E-state index in [4.69, 9.17) is 5.11 Å². The second-order valence-corrected chi connectivity index (χ2v) is 6.48. The molecule has 1 aromatic carbocycles. The third-order valence-electron chi connectivity index (χ3n) is 2.81. The van der Waals surface area contributed by atoms with Gasteiger partial charge in [0.2, 0.25) is 0 Å². The van der Waals surface area contributed by atoms with Crippen LogP contribution in [0.1, 0.15) is 20.9 Å². The van der Waals surface area contributed by atoms with E-state index in [-0.39, 0.29) is 6.61 Å². The van der Waals surface area contributed by atoms with Crippen LogP contribution in [0.5, 0.6) is 0 Å². The van der Waals surface area contributed by atoms with E-state index < -0.39 is 0 Å². The zero-order valence-corrected chi connectivity index (χ0v) is 12.7. The van der Waals surface area contributed by atoms with Gasteiger partial charge >= 0.3 is 0 Å². The van der Waals surface area contributed by atoms with Crippen LogP contribution in [-0.4, -0.2) is 11.7 Å². The highest BCUT2D eigenvalue weighted by Crippen LogP contribution is 2.27. The van der Waals surface area contributed by atoms with Gasteiger partial charge in [-0.05, 0) is 49.2 Å². The van der Waals surface area contributed by atoms with Crippen LogP contribution in [0.2, 0.25) is 0 Å². The highest BCUT2D eigenvalue weighted by molar-refractivity contribution is 7.98. The molecule has 19 heavy (non-hydrogen) atoms. The summed E-state index contributed by atoms with van der Waals surface area (Å²) in [5.41, 5.74) is 2.67. The minimum absolute atomic E-state index is 0.0787. The monoisotopic (exact) mass is 288 g/mol. The van der Waals surface area contributed by atoms with E-state index in [1.807, 2.05) is 17.8 Å². The van der Waals surface area contributed by atoms with Crippen molar-refractivity contribution in [3.8, 4) is 11.8 Å². The molecule has 0 radical (unpaired) electrons. The SMILES string of the molecule is Cc1ccc(SCc2ccc(C#CCO)s2)cc1C. The van der Waals surface area contributed by atoms with Gasteiger partial charge in [0.15, 0.2) is 0 Å². The van der Waals surface area contributed by atoms with E-state index in [0.717, 1.165) is 10.6 Å². The molecule has 0 aliphatic carbocycles. The molecule has 1 nitrogen and oxygen atoms in total. The summed E-state index contributed by atoms with van der Waals surface area (Å²) in [5, 5.41) is 8.66. The smallest absolute Gasteiger partial charge is 0.104 e. The average Bonchev–Trinajstić information content (AvgIpc) is 2.86. The number of hydrogen-bond donors (Lipinski definition) is 1. The predicted octanol–water partition coefficient (Wildman–Crippen LogP) is 4.00. The fourth-order valence-corrected chi connectivity index (χ4v) is 3.53. The van der Waals surface area contributed by atoms with E-state index in [2.05, 4.69) is 50.0 Å². The van der Waals surface area contributed by atoms with Crippen molar-refractivity contribution in [1.29, 1.82) is 0 Å². The average molecular weight is 288 g/mol. The van der Waals surface area contributed by atoms with Gasteiger partial charge in [0.05, 0.1) is 4.88 Å². The molecule has 1 aromatic heterocycles. The van der Waals surface area contributed by atoms with Gasteiger partial charge in [-0.25, -0.2) is 0 Å². The van der Waals surface area contributed by atoms with Crippen LogP contribution >= 0.6 is 23.1 Å². The molecule has 0 aliphatic rings. The molecular formula is C16H16OS2. The lowest BCUT2D eigenvalue weighted by atomic mass is 10.1. The fourth-order valence-electron chi connectivity index (χ4n) is 1.61. The minimum atomic E-state index is -0.0787. The summed E-state index contributed by atoms with van der Waals surface area (Å²) in [6, 6.07) is 10.7. The number of aliphatic hydroxyl groups is 1. The molecule has 98 valence electrons. The van der Waals surface area contributed by atoms with Crippen molar-refractivity contribution in [2.45, 2.75) is 24.5 Å². The topological polar surface area (TPSA) is 20.2 Å². The van der Waals surface area contributed by atoms with Crippen LogP contribution in [0.4, 0.5) is 0 Å². The predicted molar refractivity (Wildman–Crippen MR) is 83.8 cm³/mol. The third-order valence-corrected chi connectivity index (χ3v) is 5.04. The van der Waals surface area contributed by atoms with Crippen LogP contribution in [-0.2, 0) is 5.75 Å². The largest absolute Gasteiger partial charge is 0.384 e. The molecule has 0 saturated carbocycles. The van der Waals surface area contributed by atoms with Gasteiger partial charge < -0.3 is 5.11 Å². The van der Waals surface area contributed by atoms with Gasteiger partial charge in [-0.15, -0.1) is 23.1 Å². The third kappa shape index (κ3) is 4.14. The van der Waals surface area contributed by atoms with Crippen LogP contribution in [0.15, 0.2) is 35.2 Å². The van der Waals surface area contributed by atoms with Crippen LogP contribution in [0.25, 0.3) is 0 Å². The maximum atomic E-state index is 8.66. The molecule has 0 amide bonds. The van der Waals surface area contributed by atoms with Crippen molar-refractivity contribution >= 4 is 23.1 Å². The van der Waals surface area contributed by atoms with Crippen molar-refractivity contribution in [3.05, 3.63) is 51.2 Å². The summed E-state index contributed by atoms with van der Waals surface area (Å²) < 4.78 is 0. The molecule has 3 heteroatoms. The van der Waals surface area contributed by atoms with Gasteiger partial charge in [-0.1, -0.05) is 17.9 Å². The van der Waals surface area contributed by atoms with Gasteiger partial charge in [0, 0.05) is 15.5 Å². The Morgan fingerprint density at radius 3 is 2.74 bits per heavy atom. The van der Waals surface area contributed by atoms with E-state index in [1.54, 1.807) is 11.3 Å². The fraction of sp³-hybridized carbons (Fsp3) is 0.250. The Labute approximate surface area is 122 Å². The maximum absolute atomic E-state index is 8.66. The summed E-state index contributed by atoms with van der Waals surface area (Å²) in [6.45, 7) is 4.20. The molecular weight excluding hydrogens is 272 g/mol. The van der Waals surface area contributed by atoms with Gasteiger partial charge in [-0.2, -0.15) is 0 Å². The van der Waals surface area contributed by atoms with E-state index in [1.165, 1.54) is 20.9 Å². The lowest BCUT2D eigenvalue weighted by Gasteiger charge is -2.04. The molecule has 2 aromatic rings. The maximum Gasteiger partial charge on any atom is 0.104 e. The Hall–Kier alpha value is -1.21. The van der Waals surface area contributed by atoms with Crippen molar-refractivity contribution in [2.75, 3.05) is 6.61 Å². The molecule has 1 heterocycles. The van der Waals surface area contributed by atoms with Gasteiger partial charge in [0.25, 0.3) is 0 Å². The molecule has 0 spiro atoms. The second kappa shape index (κ2) is 6.81. The van der Waals surface area contributed by atoms with Crippen molar-refractivity contribution < 1.29 is 5.11 Å². The van der Waals surface area contributed by atoms with Crippen molar-refractivity contribution in [1.82, 2.24) is 0 Å². The minimum Gasteiger partial charge on any atom is -0.384 e. The first-order valence-corrected chi connectivity index (χ1v) is 7.88. The molecule has 1 N–H and O–H groups in total. The zero-order valence-electron chi connectivity index (χ0n) is 11.1. The van der Waals surface area contributed by atoms with E-state index in [0.29, 0.717) is 0 Å². The molecule has 0 saturated heterocycles. The number of hydrogen-bond acceptors (Lipinski definition) is 3. The first-order valence-electron chi connectivity index (χ1n) is 6.07. The van der Waals surface area contributed by atoms with Crippen LogP contribution in [0.3, 0.4) is 0 Å². The van der Waals surface area contributed by atoms with Crippen molar-refractivity contribution in [2.24, 2.45) is 0 Å². The number of aliphatic hydroxyl groups excluding tert-OH is 1. The summed E-state index contributed by atoms with van der Waals surface area (Å²) in [5.74, 6) is 6.58. The molecule has 0 atom stereocenters. The standard InChI is InChI=1S/C16H16OS2/c1-12-5-6-15(10-13(12)2)18-11-16-8-7-14(19-16)4-3-9-17/h5-8,10,17H,9,11H2,1-2H3. The lowest BCUT2D eigenvalue weighted by molar-refractivity contribution is 0.350. The quantitative estimate of drug-likeness (QED) is 0.680. The molecule has 0 unspecified atom stereocenters. The second-order valence-electron chi connectivity index (χ2n) is 4.26. The number of thiophene rings is 1. The number of benzene rings is 1. The summed E-state index contributed by atoms with van der Waals surface area (Å²) in [4.78, 5) is 3.63. The Morgan fingerprint density at radius 2 is 2.00 bits per heavy atom. The Bertz CT molecular complexity index is 617. The zero-order chi connectivity index (χ0) is 13.7. The normalized spacial score (nSPS) is 10.1. The Morgan fingerprint density at radius 1 is 1.16 bits per heavy atom. The molecule has 0 fully saturated rings. The summed E-state index contributed by atoms with van der Waals surface area (Å²) in [7, 11) is 0. The Balaban J connectivity index is 1.98. The van der Waals surface area contributed by atoms with Crippen LogP contribution in [0, 0.1) is 25.7 Å². The van der Waals surface area contributed by atoms with E-state index >= 15 is 0 Å². The number of aryl methyl sites for hydroxylation is 2. The Kier molecular flexibility index (Phi) is 5.09. The summed E-state index contributed by atoms with van der Waals surface area (Å²) >= 11 is 3.54. The van der Waals surface area contributed by atoms with Gasteiger partial charge in [0.1, 0.15) is 6.61 Å². The molecule has 2 rings (SSSR count). The first-order chi connectivity index (χ1) is 9.19. The number of rotatable bonds is 3. The number of thioether (sulfide) groups is 1. The first kappa shape index (κ1) is 14.2. The van der Waals surface area contributed by atoms with Crippen molar-refractivity contribution in [3.63, 3.8) is 0 Å². The lowest BCUT2D eigenvalue weighted by Crippen LogP contribution is -1.81. The van der Waals surface area contributed by atoms with Crippen LogP contribution < -0.4 is 0 Å². The molecule has 0 aliphatic heterocycles. The molecule has 0 bridgehead atoms.